The molecule has 0 radical (unpaired) electrons. The predicted octanol–water partition coefficient (Wildman–Crippen LogP) is 7.27. The summed E-state index contributed by atoms with van der Waals surface area (Å²) < 4.78 is 6.34. The Hall–Kier alpha value is -2.84. The zero-order valence-electron chi connectivity index (χ0n) is 19.0. The quantitative estimate of drug-likeness (QED) is 0.244. The van der Waals surface area contributed by atoms with Crippen LogP contribution in [0.4, 0.5) is 10.5 Å². The van der Waals surface area contributed by atoms with Crippen molar-refractivity contribution < 1.29 is 19.1 Å². The molecule has 4 amide bonds. The number of nitrogens with zero attached hydrogens (tertiary/aromatic N) is 1. The van der Waals surface area contributed by atoms with Crippen molar-refractivity contribution in [2.75, 3.05) is 4.90 Å². The fourth-order valence-corrected chi connectivity index (χ4v) is 4.96. The molecule has 184 valence electrons. The number of aryl methyl sites for hydroxylation is 2. The van der Waals surface area contributed by atoms with E-state index >= 15 is 0 Å². The Morgan fingerprint density at radius 2 is 1.69 bits per heavy atom. The molecule has 36 heavy (non-hydrogen) atoms. The van der Waals surface area contributed by atoms with Crippen LogP contribution in [-0.4, -0.2) is 17.8 Å². The van der Waals surface area contributed by atoms with Crippen LogP contribution in [0.3, 0.4) is 0 Å². The number of ether oxygens (including phenoxy) is 1. The number of carbonyl (C=O) groups is 3. The maximum absolute atomic E-state index is 13.2. The lowest BCUT2D eigenvalue weighted by atomic mass is 10.0. The summed E-state index contributed by atoms with van der Waals surface area (Å²) in [6.45, 7) is 3.94. The fourth-order valence-electron chi connectivity index (χ4n) is 3.51. The van der Waals surface area contributed by atoms with Crippen LogP contribution in [0.25, 0.3) is 6.08 Å². The number of hydrogen-bond acceptors (Lipinski definition) is 4. The van der Waals surface area contributed by atoms with E-state index in [0.29, 0.717) is 31.5 Å². The molecule has 0 spiro atoms. The van der Waals surface area contributed by atoms with E-state index < -0.39 is 17.8 Å². The van der Waals surface area contributed by atoms with Gasteiger partial charge in [0.25, 0.3) is 11.8 Å². The van der Waals surface area contributed by atoms with Gasteiger partial charge in [-0.15, -0.1) is 0 Å². The number of imide groups is 2. The van der Waals surface area contributed by atoms with E-state index in [9.17, 15) is 14.4 Å². The van der Waals surface area contributed by atoms with Gasteiger partial charge in [0.05, 0.1) is 15.2 Å². The summed E-state index contributed by atoms with van der Waals surface area (Å²) in [6, 6.07) is 12.6. The van der Waals surface area contributed by atoms with Gasteiger partial charge in [-0.05, 0) is 88.9 Å². The minimum absolute atomic E-state index is 0.142. The minimum atomic E-state index is -0.811. The molecule has 0 unspecified atom stereocenters. The molecule has 0 atom stereocenters. The first kappa shape index (κ1) is 26.2. The first-order chi connectivity index (χ1) is 17.0. The fraction of sp³-hybridized carbons (Fsp3) is 0.115. The van der Waals surface area contributed by atoms with E-state index in [4.69, 9.17) is 39.5 Å². The Morgan fingerprint density at radius 1 is 0.944 bits per heavy atom. The van der Waals surface area contributed by atoms with E-state index in [2.05, 4.69) is 21.2 Å². The molecule has 4 rings (SSSR count). The van der Waals surface area contributed by atoms with Gasteiger partial charge in [0.15, 0.2) is 5.75 Å². The zero-order chi connectivity index (χ0) is 26.1. The lowest BCUT2D eigenvalue weighted by Crippen LogP contribution is -2.54. The molecule has 3 aromatic carbocycles. The number of nitrogens with one attached hydrogen (secondary N) is 1. The molecule has 10 heteroatoms. The van der Waals surface area contributed by atoms with Crippen LogP contribution in [0.5, 0.6) is 5.75 Å². The average molecular weight is 609 g/mol. The molecule has 0 saturated carbocycles. The molecule has 1 aliphatic rings. The first-order valence-corrected chi connectivity index (χ1v) is 12.5. The molecule has 1 aliphatic heterocycles. The lowest BCUT2D eigenvalue weighted by molar-refractivity contribution is -0.122. The molecule has 1 fully saturated rings. The van der Waals surface area contributed by atoms with E-state index in [0.717, 1.165) is 21.6 Å². The summed E-state index contributed by atoms with van der Waals surface area (Å²) in [5, 5.41) is 3.43. The standard InChI is InChI=1S/C26H18BrCl3N2O4/c1-13-3-6-18(7-14(13)2)32-25(34)19(24(33)31-26(32)35)8-15-9-20(27)23(22(30)10-15)36-12-16-4-5-17(28)11-21(16)29/h3-11H,12H2,1-2H3,(H,31,33,35)/b19-8+. The number of amides is 4. The summed E-state index contributed by atoms with van der Waals surface area (Å²) in [7, 11) is 0. The highest BCUT2D eigenvalue weighted by molar-refractivity contribution is 9.10. The summed E-state index contributed by atoms with van der Waals surface area (Å²) in [5.74, 6) is -1.18. The number of carbonyl (C=O) groups excluding carboxylic acids is 3. The third-order valence-electron chi connectivity index (χ3n) is 5.57. The topological polar surface area (TPSA) is 75.7 Å². The summed E-state index contributed by atoms with van der Waals surface area (Å²) in [5.41, 5.74) is 3.24. The van der Waals surface area contributed by atoms with Crippen molar-refractivity contribution in [3.05, 3.63) is 95.9 Å². The third-order valence-corrected chi connectivity index (χ3v) is 7.03. The van der Waals surface area contributed by atoms with Crippen LogP contribution in [0.2, 0.25) is 15.1 Å². The van der Waals surface area contributed by atoms with Crippen molar-refractivity contribution in [3.8, 4) is 5.75 Å². The highest BCUT2D eigenvalue weighted by Gasteiger charge is 2.37. The molecule has 0 aromatic heterocycles. The first-order valence-electron chi connectivity index (χ1n) is 10.6. The number of halogens is 4. The third kappa shape index (κ3) is 5.44. The second-order valence-corrected chi connectivity index (χ2v) is 10.2. The van der Waals surface area contributed by atoms with Gasteiger partial charge < -0.3 is 4.74 Å². The molecular weight excluding hydrogens is 591 g/mol. The number of hydrogen-bond donors (Lipinski definition) is 1. The molecule has 6 nitrogen and oxygen atoms in total. The Morgan fingerprint density at radius 3 is 2.36 bits per heavy atom. The largest absolute Gasteiger partial charge is 0.486 e. The summed E-state index contributed by atoms with van der Waals surface area (Å²) in [6.07, 6.45) is 1.37. The van der Waals surface area contributed by atoms with Gasteiger partial charge in [-0.25, -0.2) is 9.69 Å². The Balaban J connectivity index is 1.61. The van der Waals surface area contributed by atoms with Gasteiger partial charge in [0.2, 0.25) is 0 Å². The molecule has 0 aliphatic carbocycles. The molecule has 1 N–H and O–H groups in total. The summed E-state index contributed by atoms with van der Waals surface area (Å²) in [4.78, 5) is 39.1. The van der Waals surface area contributed by atoms with Gasteiger partial charge >= 0.3 is 6.03 Å². The molecule has 1 heterocycles. The second kappa shape index (κ2) is 10.6. The van der Waals surface area contributed by atoms with Gasteiger partial charge in [-0.2, -0.15) is 0 Å². The van der Waals surface area contributed by atoms with E-state index in [1.165, 1.54) is 6.08 Å². The average Bonchev–Trinajstić information content (AvgIpc) is 2.79. The van der Waals surface area contributed by atoms with Crippen molar-refractivity contribution in [1.29, 1.82) is 0 Å². The van der Waals surface area contributed by atoms with Gasteiger partial charge in [0.1, 0.15) is 12.2 Å². The number of barbiturate groups is 1. The Bertz CT molecular complexity index is 1430. The monoisotopic (exact) mass is 606 g/mol. The summed E-state index contributed by atoms with van der Waals surface area (Å²) >= 11 is 22.0. The van der Waals surface area contributed by atoms with Crippen LogP contribution in [0, 0.1) is 13.8 Å². The van der Waals surface area contributed by atoms with Crippen molar-refractivity contribution in [1.82, 2.24) is 5.32 Å². The number of anilines is 1. The Kier molecular flexibility index (Phi) is 7.76. The van der Waals surface area contributed by atoms with E-state index in [1.54, 1.807) is 48.5 Å². The van der Waals surface area contributed by atoms with E-state index in [-0.39, 0.29) is 17.2 Å². The maximum Gasteiger partial charge on any atom is 0.335 e. The normalized spacial score (nSPS) is 14.9. The predicted molar refractivity (Wildman–Crippen MR) is 145 cm³/mol. The second-order valence-electron chi connectivity index (χ2n) is 8.06. The molecule has 1 saturated heterocycles. The van der Waals surface area contributed by atoms with Crippen molar-refractivity contribution >= 4 is 80.3 Å². The van der Waals surface area contributed by atoms with Crippen LogP contribution in [-0.2, 0) is 16.2 Å². The zero-order valence-corrected chi connectivity index (χ0v) is 22.8. The number of benzene rings is 3. The number of rotatable bonds is 5. The minimum Gasteiger partial charge on any atom is -0.486 e. The lowest BCUT2D eigenvalue weighted by Gasteiger charge is -2.27. The molecular formula is C26H18BrCl3N2O4. The van der Waals surface area contributed by atoms with Gasteiger partial charge in [-0.1, -0.05) is 46.9 Å². The van der Waals surface area contributed by atoms with Crippen molar-refractivity contribution in [2.24, 2.45) is 0 Å². The van der Waals surface area contributed by atoms with Crippen LogP contribution >= 0.6 is 50.7 Å². The van der Waals surface area contributed by atoms with Gasteiger partial charge in [-0.3, -0.25) is 14.9 Å². The van der Waals surface area contributed by atoms with Crippen LogP contribution in [0.15, 0.2) is 58.6 Å². The smallest absolute Gasteiger partial charge is 0.335 e. The van der Waals surface area contributed by atoms with E-state index in [1.807, 2.05) is 13.8 Å². The molecule has 0 bridgehead atoms. The van der Waals surface area contributed by atoms with Crippen molar-refractivity contribution in [2.45, 2.75) is 20.5 Å². The Labute approximate surface area is 230 Å². The van der Waals surface area contributed by atoms with Crippen LogP contribution < -0.4 is 15.0 Å². The number of urea groups is 1. The van der Waals surface area contributed by atoms with Crippen LogP contribution in [0.1, 0.15) is 22.3 Å². The highest BCUT2D eigenvalue weighted by atomic mass is 79.9. The van der Waals surface area contributed by atoms with Crippen molar-refractivity contribution in [3.63, 3.8) is 0 Å². The highest BCUT2D eigenvalue weighted by Crippen LogP contribution is 2.36. The van der Waals surface area contributed by atoms with Gasteiger partial charge in [0, 0.05) is 15.6 Å². The maximum atomic E-state index is 13.2. The SMILES string of the molecule is Cc1ccc(N2C(=O)NC(=O)/C(=C\c3cc(Cl)c(OCc4ccc(Cl)cc4Cl)c(Br)c3)C2=O)cc1C. The molecule has 3 aromatic rings.